The number of nitrogen functional groups attached to an aromatic ring is 1. The van der Waals surface area contributed by atoms with Crippen LogP contribution in [0.5, 0.6) is 0 Å². The first-order valence-electron chi connectivity index (χ1n) is 6.08. The minimum absolute atomic E-state index is 0. The number of rotatable bonds is 2. The van der Waals surface area contributed by atoms with Crippen molar-refractivity contribution in [2.45, 2.75) is 20.8 Å². The summed E-state index contributed by atoms with van der Waals surface area (Å²) >= 11 is 0. The van der Waals surface area contributed by atoms with E-state index in [0.29, 0.717) is 0 Å². The molecule has 2 aromatic rings. The van der Waals surface area contributed by atoms with Crippen LogP contribution >= 0.6 is 0 Å². The Morgan fingerprint density at radius 1 is 0.889 bits per heavy atom. The number of nitrogens with zero attached hydrogens (tertiary/aromatic N) is 2. The van der Waals surface area contributed by atoms with Gasteiger partial charge in [0.2, 0.25) is 0 Å². The van der Waals surface area contributed by atoms with E-state index in [9.17, 15) is 0 Å². The fourth-order valence-electron chi connectivity index (χ4n) is 1.33. The van der Waals surface area contributed by atoms with Crippen LogP contribution in [0.2, 0.25) is 0 Å². The Kier molecular flexibility index (Phi) is 5.58. The van der Waals surface area contributed by atoms with Crippen molar-refractivity contribution in [3.8, 4) is 0 Å². The lowest BCUT2D eigenvalue weighted by Gasteiger charge is -1.99. The van der Waals surface area contributed by atoms with E-state index >= 15 is 0 Å². The highest BCUT2D eigenvalue weighted by atomic mass is 15.1. The zero-order chi connectivity index (χ0) is 13.4. The lowest BCUT2D eigenvalue weighted by atomic mass is 10.2. The largest absolute Gasteiger partial charge is 0.399 e. The van der Waals surface area contributed by atoms with Gasteiger partial charge in [0, 0.05) is 7.11 Å². The molecule has 0 atom stereocenters. The van der Waals surface area contributed by atoms with Crippen molar-refractivity contribution < 1.29 is 1.43 Å². The van der Waals surface area contributed by atoms with Gasteiger partial charge in [-0.1, -0.05) is 32.0 Å². The first kappa shape index (κ1) is 13.9. The van der Waals surface area contributed by atoms with Crippen LogP contribution in [0.1, 0.15) is 20.8 Å². The van der Waals surface area contributed by atoms with Crippen molar-refractivity contribution in [2.75, 3.05) is 5.73 Å². The molecule has 0 fully saturated rings. The second kappa shape index (κ2) is 7.22. The summed E-state index contributed by atoms with van der Waals surface area (Å²) in [6.45, 7) is 5.96. The molecule has 0 aliphatic carbocycles. The maximum atomic E-state index is 5.72. The maximum Gasteiger partial charge on any atom is 0.0861 e. The van der Waals surface area contributed by atoms with Crippen molar-refractivity contribution in [3.05, 3.63) is 54.1 Å². The molecular weight excluding hydrogens is 222 g/mol. The van der Waals surface area contributed by atoms with E-state index < -0.39 is 0 Å². The fraction of sp³-hybridized carbons (Fsp3) is 0.200. The van der Waals surface area contributed by atoms with Crippen LogP contribution in [-0.2, 0) is 0 Å². The van der Waals surface area contributed by atoms with Gasteiger partial charge in [0.05, 0.1) is 11.4 Å². The highest BCUT2D eigenvalue weighted by Gasteiger charge is 1.95. The molecule has 0 aliphatic rings. The number of aryl methyl sites for hydroxylation is 1. The molecule has 2 aromatic carbocycles. The molecule has 2 rings (SSSR count). The third kappa shape index (κ3) is 4.01. The van der Waals surface area contributed by atoms with Gasteiger partial charge in [0.25, 0.3) is 0 Å². The van der Waals surface area contributed by atoms with Gasteiger partial charge in [-0.3, -0.25) is 0 Å². The Morgan fingerprint density at radius 3 is 2.11 bits per heavy atom. The van der Waals surface area contributed by atoms with Crippen LogP contribution in [-0.4, -0.2) is 0 Å². The van der Waals surface area contributed by atoms with E-state index in [1.165, 1.54) is 0 Å². The van der Waals surface area contributed by atoms with E-state index in [1.807, 2.05) is 69.3 Å². The number of azo groups is 1. The van der Waals surface area contributed by atoms with E-state index in [0.717, 1.165) is 22.6 Å². The summed E-state index contributed by atoms with van der Waals surface area (Å²) in [6, 6.07) is 15.3. The maximum absolute atomic E-state index is 5.72. The minimum Gasteiger partial charge on any atom is -0.399 e. The van der Waals surface area contributed by atoms with Crippen molar-refractivity contribution in [2.24, 2.45) is 10.2 Å². The molecule has 3 heteroatoms. The standard InChI is InChI=1S/C13H13N3.C2H6.H2/c1-10-9-12(7-8-13(10)14)16-15-11-5-3-2-4-6-11;1-2;/h2-9H,14H2,1H3;1-2H3;1H. The summed E-state index contributed by atoms with van der Waals surface area (Å²) in [5.74, 6) is 0. The molecule has 0 bridgehead atoms. The summed E-state index contributed by atoms with van der Waals surface area (Å²) in [5.41, 5.74) is 9.18. The zero-order valence-corrected chi connectivity index (χ0v) is 11.1. The molecule has 3 nitrogen and oxygen atoms in total. The third-order valence-electron chi connectivity index (χ3n) is 2.29. The van der Waals surface area contributed by atoms with Gasteiger partial charge >= 0.3 is 0 Å². The van der Waals surface area contributed by atoms with Crippen LogP contribution in [0.3, 0.4) is 0 Å². The van der Waals surface area contributed by atoms with Gasteiger partial charge in [-0.2, -0.15) is 10.2 Å². The molecular formula is C15H21N3. The van der Waals surface area contributed by atoms with E-state index in [-0.39, 0.29) is 1.43 Å². The highest BCUT2D eigenvalue weighted by molar-refractivity contribution is 5.54. The van der Waals surface area contributed by atoms with Crippen molar-refractivity contribution in [3.63, 3.8) is 0 Å². The van der Waals surface area contributed by atoms with E-state index in [1.54, 1.807) is 0 Å². The lowest BCUT2D eigenvalue weighted by molar-refractivity contribution is 1.22. The normalized spacial score (nSPS) is 9.94. The van der Waals surface area contributed by atoms with Crippen LogP contribution < -0.4 is 5.73 Å². The van der Waals surface area contributed by atoms with E-state index in [4.69, 9.17) is 5.73 Å². The summed E-state index contributed by atoms with van der Waals surface area (Å²) in [7, 11) is 0. The lowest BCUT2D eigenvalue weighted by Crippen LogP contribution is -1.86. The molecule has 2 N–H and O–H groups in total. The molecule has 0 saturated carbocycles. The van der Waals surface area contributed by atoms with Crippen molar-refractivity contribution in [1.29, 1.82) is 0 Å². The second-order valence-corrected chi connectivity index (χ2v) is 3.58. The molecule has 0 radical (unpaired) electrons. The average molecular weight is 243 g/mol. The van der Waals surface area contributed by atoms with Crippen LogP contribution in [0.4, 0.5) is 17.1 Å². The monoisotopic (exact) mass is 243 g/mol. The average Bonchev–Trinajstić information content (AvgIpc) is 2.44. The summed E-state index contributed by atoms with van der Waals surface area (Å²) < 4.78 is 0. The summed E-state index contributed by atoms with van der Waals surface area (Å²) in [6.07, 6.45) is 0. The highest BCUT2D eigenvalue weighted by Crippen LogP contribution is 2.21. The Hall–Kier alpha value is -2.16. The van der Waals surface area contributed by atoms with Gasteiger partial charge < -0.3 is 5.73 Å². The van der Waals surface area contributed by atoms with Gasteiger partial charge in [-0.15, -0.1) is 0 Å². The van der Waals surface area contributed by atoms with Crippen LogP contribution in [0.25, 0.3) is 0 Å². The summed E-state index contributed by atoms with van der Waals surface area (Å²) in [4.78, 5) is 0. The number of hydrogen-bond donors (Lipinski definition) is 1. The molecule has 0 amide bonds. The van der Waals surface area contributed by atoms with Gasteiger partial charge in [-0.25, -0.2) is 0 Å². The number of anilines is 1. The first-order chi connectivity index (χ1) is 8.75. The smallest absolute Gasteiger partial charge is 0.0861 e. The molecule has 0 saturated heterocycles. The Labute approximate surface area is 110 Å². The van der Waals surface area contributed by atoms with E-state index in [2.05, 4.69) is 10.2 Å². The Morgan fingerprint density at radius 2 is 1.50 bits per heavy atom. The van der Waals surface area contributed by atoms with Crippen molar-refractivity contribution >= 4 is 17.1 Å². The number of benzene rings is 2. The van der Waals surface area contributed by atoms with Crippen LogP contribution in [0, 0.1) is 6.92 Å². The molecule has 0 aromatic heterocycles. The molecule has 0 aliphatic heterocycles. The van der Waals surface area contributed by atoms with Gasteiger partial charge in [0.15, 0.2) is 0 Å². The fourth-order valence-corrected chi connectivity index (χ4v) is 1.33. The molecule has 0 spiro atoms. The third-order valence-corrected chi connectivity index (χ3v) is 2.29. The SMILES string of the molecule is CC.Cc1cc(N=Nc2ccccc2)ccc1N.[HH]. The topological polar surface area (TPSA) is 50.7 Å². The van der Waals surface area contributed by atoms with Crippen LogP contribution in [0.15, 0.2) is 58.8 Å². The number of hydrogen-bond acceptors (Lipinski definition) is 3. The van der Waals surface area contributed by atoms with Crippen molar-refractivity contribution in [1.82, 2.24) is 0 Å². The van der Waals surface area contributed by atoms with Gasteiger partial charge in [-0.05, 0) is 42.8 Å². The minimum atomic E-state index is 0. The molecule has 0 unspecified atom stereocenters. The first-order valence-corrected chi connectivity index (χ1v) is 6.08. The quantitative estimate of drug-likeness (QED) is 0.567. The zero-order valence-electron chi connectivity index (χ0n) is 11.1. The number of nitrogens with two attached hydrogens (primary N) is 1. The Balaban J connectivity index is 0.00000103. The second-order valence-electron chi connectivity index (χ2n) is 3.58. The predicted octanol–water partition coefficient (Wildman–Crippen LogP) is 5.26. The predicted molar refractivity (Wildman–Crippen MR) is 79.7 cm³/mol. The molecule has 0 heterocycles. The molecule has 96 valence electrons. The molecule has 18 heavy (non-hydrogen) atoms. The Bertz CT molecular complexity index is 510. The van der Waals surface area contributed by atoms with Gasteiger partial charge in [0.1, 0.15) is 0 Å². The summed E-state index contributed by atoms with van der Waals surface area (Å²) in [5, 5.41) is 8.28.